The SMILES string of the molecule is CC1(C)C(=O)CC[C@@]2(C)C1CC[C@]1(C)[C@@H]2C[C@H](O)C2[C@@H]([C@]3(C)CC[C@H](C(C)(C)O)O3)CC[C@@]21C. The molecule has 2 N–H and O–H groups in total. The molecule has 0 aromatic heterocycles. The van der Waals surface area contributed by atoms with Crippen molar-refractivity contribution in [3.63, 3.8) is 0 Å². The van der Waals surface area contributed by atoms with Crippen molar-refractivity contribution in [3.05, 3.63) is 0 Å². The zero-order valence-corrected chi connectivity index (χ0v) is 23.0. The van der Waals surface area contributed by atoms with Crippen LogP contribution in [0, 0.1) is 45.3 Å². The molecule has 4 saturated carbocycles. The topological polar surface area (TPSA) is 66.8 Å². The van der Waals surface area contributed by atoms with E-state index in [0.717, 1.165) is 51.4 Å². The Morgan fingerprint density at radius 3 is 2.15 bits per heavy atom. The number of aliphatic hydroxyl groups is 2. The van der Waals surface area contributed by atoms with Crippen LogP contribution in [-0.2, 0) is 9.53 Å². The smallest absolute Gasteiger partial charge is 0.138 e. The van der Waals surface area contributed by atoms with Crippen LogP contribution in [0.1, 0.15) is 113 Å². The summed E-state index contributed by atoms with van der Waals surface area (Å²) in [4.78, 5) is 12.9. The lowest BCUT2D eigenvalue weighted by Crippen LogP contribution is -2.66. The lowest BCUT2D eigenvalue weighted by atomic mass is 9.35. The second kappa shape index (κ2) is 7.32. The molecule has 1 heterocycles. The van der Waals surface area contributed by atoms with Crippen LogP contribution >= 0.6 is 0 Å². The lowest BCUT2D eigenvalue weighted by Gasteiger charge is -2.69. The third-order valence-electron chi connectivity index (χ3n) is 13.0. The first-order valence-electron chi connectivity index (χ1n) is 14.1. The zero-order valence-electron chi connectivity index (χ0n) is 23.0. The average molecular weight is 475 g/mol. The molecule has 5 fully saturated rings. The average Bonchev–Trinajstić information content (AvgIpc) is 3.30. The van der Waals surface area contributed by atoms with Crippen molar-refractivity contribution in [2.75, 3.05) is 0 Å². The monoisotopic (exact) mass is 474 g/mol. The number of carbonyl (C=O) groups excluding carboxylic acids is 1. The van der Waals surface area contributed by atoms with Crippen LogP contribution in [0.25, 0.3) is 0 Å². The fourth-order valence-electron chi connectivity index (χ4n) is 10.9. The van der Waals surface area contributed by atoms with Crippen LogP contribution in [-0.4, -0.2) is 39.4 Å². The Bertz CT molecular complexity index is 858. The van der Waals surface area contributed by atoms with E-state index in [4.69, 9.17) is 4.74 Å². The van der Waals surface area contributed by atoms with Crippen LogP contribution in [0.5, 0.6) is 0 Å². The lowest BCUT2D eigenvalue weighted by molar-refractivity contribution is -0.235. The molecule has 5 aliphatic rings. The molecule has 194 valence electrons. The molecule has 0 bridgehead atoms. The minimum atomic E-state index is -0.833. The fourth-order valence-corrected chi connectivity index (χ4v) is 10.9. The molecule has 2 unspecified atom stereocenters. The molecule has 4 aliphatic carbocycles. The summed E-state index contributed by atoms with van der Waals surface area (Å²) in [5.74, 6) is 1.85. The zero-order chi connectivity index (χ0) is 25.1. The molecule has 4 heteroatoms. The Kier molecular flexibility index (Phi) is 5.42. The number of fused-ring (bicyclic) bond motifs is 5. The van der Waals surface area contributed by atoms with Crippen LogP contribution < -0.4 is 0 Å². The van der Waals surface area contributed by atoms with E-state index in [-0.39, 0.29) is 45.4 Å². The van der Waals surface area contributed by atoms with Crippen molar-refractivity contribution in [2.24, 2.45) is 45.3 Å². The summed E-state index contributed by atoms with van der Waals surface area (Å²) in [5.41, 5.74) is -1.03. The van der Waals surface area contributed by atoms with Gasteiger partial charge in [0.15, 0.2) is 0 Å². The van der Waals surface area contributed by atoms with Gasteiger partial charge in [-0.05, 0) is 112 Å². The van der Waals surface area contributed by atoms with Gasteiger partial charge < -0.3 is 14.9 Å². The van der Waals surface area contributed by atoms with Gasteiger partial charge in [-0.15, -0.1) is 0 Å². The maximum atomic E-state index is 12.9. The van der Waals surface area contributed by atoms with E-state index in [2.05, 4.69) is 41.5 Å². The van der Waals surface area contributed by atoms with Gasteiger partial charge in [-0.2, -0.15) is 0 Å². The second-order valence-electron chi connectivity index (χ2n) is 15.2. The summed E-state index contributed by atoms with van der Waals surface area (Å²) >= 11 is 0. The van der Waals surface area contributed by atoms with E-state index in [1.54, 1.807) is 0 Å². The number of hydrogen-bond donors (Lipinski definition) is 2. The van der Waals surface area contributed by atoms with Crippen LogP contribution in [0.4, 0.5) is 0 Å². The predicted octanol–water partition coefficient (Wildman–Crippen LogP) is 5.92. The number of ether oxygens (including phenoxy) is 1. The van der Waals surface area contributed by atoms with Gasteiger partial charge in [-0.1, -0.05) is 34.6 Å². The summed E-state index contributed by atoms with van der Waals surface area (Å²) in [5, 5.41) is 22.5. The van der Waals surface area contributed by atoms with Gasteiger partial charge in [-0.3, -0.25) is 4.79 Å². The molecular weight excluding hydrogens is 424 g/mol. The standard InChI is InChI=1S/C30H50O4/c1-25(2)20-10-15-28(6)21(27(20,5)13-11-22(25)32)17-19(31)24-18(9-14-29(24,28)7)30(8)16-12-23(34-30)26(3,4)33/h18-21,23-24,31,33H,9-17H2,1-8H3/t18-,19-,20?,21+,23+,24?,27-,28+,29-,30-/m0/s1. The van der Waals surface area contributed by atoms with Crippen LogP contribution in [0.15, 0.2) is 0 Å². The Balaban J connectivity index is 1.49. The molecule has 0 amide bonds. The van der Waals surface area contributed by atoms with Crippen LogP contribution in [0.3, 0.4) is 0 Å². The highest BCUT2D eigenvalue weighted by atomic mass is 16.5. The highest BCUT2D eigenvalue weighted by Gasteiger charge is 2.71. The Morgan fingerprint density at radius 2 is 1.53 bits per heavy atom. The summed E-state index contributed by atoms with van der Waals surface area (Å²) in [6.07, 6.45) is 8.43. The van der Waals surface area contributed by atoms with Gasteiger partial charge in [0.25, 0.3) is 0 Å². The normalized spacial score (nSPS) is 54.9. The highest BCUT2D eigenvalue weighted by Crippen LogP contribution is 2.75. The summed E-state index contributed by atoms with van der Waals surface area (Å²) < 4.78 is 6.65. The maximum absolute atomic E-state index is 12.9. The van der Waals surface area contributed by atoms with Gasteiger partial charge in [0.05, 0.1) is 23.4 Å². The molecule has 0 radical (unpaired) electrons. The van der Waals surface area contributed by atoms with Crippen molar-refractivity contribution in [3.8, 4) is 0 Å². The van der Waals surface area contributed by atoms with Crippen molar-refractivity contribution < 1.29 is 19.7 Å². The molecule has 10 atom stereocenters. The van der Waals surface area contributed by atoms with E-state index in [1.165, 1.54) is 0 Å². The minimum absolute atomic E-state index is 0.0682. The van der Waals surface area contributed by atoms with Crippen molar-refractivity contribution in [2.45, 2.75) is 137 Å². The first-order chi connectivity index (χ1) is 15.5. The number of aliphatic hydroxyl groups excluding tert-OH is 1. The first kappa shape index (κ1) is 25.2. The van der Waals surface area contributed by atoms with Gasteiger partial charge in [0, 0.05) is 11.8 Å². The summed E-state index contributed by atoms with van der Waals surface area (Å²) in [6.45, 7) is 17.8. The van der Waals surface area contributed by atoms with E-state index in [0.29, 0.717) is 30.0 Å². The number of ketones is 1. The quantitative estimate of drug-likeness (QED) is 0.521. The van der Waals surface area contributed by atoms with Gasteiger partial charge >= 0.3 is 0 Å². The van der Waals surface area contributed by atoms with Crippen molar-refractivity contribution in [1.82, 2.24) is 0 Å². The molecule has 0 aromatic rings. The molecule has 1 saturated heterocycles. The van der Waals surface area contributed by atoms with E-state index >= 15 is 0 Å². The molecule has 5 rings (SSSR count). The van der Waals surface area contributed by atoms with E-state index in [1.807, 2.05) is 13.8 Å². The minimum Gasteiger partial charge on any atom is -0.393 e. The molecule has 34 heavy (non-hydrogen) atoms. The molecule has 0 spiro atoms. The van der Waals surface area contributed by atoms with Gasteiger partial charge in [-0.25, -0.2) is 0 Å². The van der Waals surface area contributed by atoms with Crippen molar-refractivity contribution in [1.29, 1.82) is 0 Å². The third kappa shape index (κ3) is 3.09. The summed E-state index contributed by atoms with van der Waals surface area (Å²) in [6, 6.07) is 0. The Hall–Kier alpha value is -0.450. The summed E-state index contributed by atoms with van der Waals surface area (Å²) in [7, 11) is 0. The second-order valence-corrected chi connectivity index (χ2v) is 15.2. The van der Waals surface area contributed by atoms with Gasteiger partial charge in [0.1, 0.15) is 5.78 Å². The maximum Gasteiger partial charge on any atom is 0.138 e. The van der Waals surface area contributed by atoms with Crippen molar-refractivity contribution >= 4 is 5.78 Å². The molecule has 0 aromatic carbocycles. The number of Topliss-reactive ketones (excluding diaryl/α,β-unsaturated/α-hetero) is 1. The molecule has 1 aliphatic heterocycles. The number of hydrogen-bond acceptors (Lipinski definition) is 4. The first-order valence-corrected chi connectivity index (χ1v) is 14.1. The number of rotatable bonds is 2. The predicted molar refractivity (Wildman–Crippen MR) is 134 cm³/mol. The number of carbonyl (C=O) groups is 1. The fraction of sp³-hybridized carbons (Fsp3) is 0.967. The Morgan fingerprint density at radius 1 is 0.882 bits per heavy atom. The third-order valence-corrected chi connectivity index (χ3v) is 13.0. The largest absolute Gasteiger partial charge is 0.393 e. The molecule has 4 nitrogen and oxygen atoms in total. The molecular formula is C30H50O4. The van der Waals surface area contributed by atoms with E-state index in [9.17, 15) is 15.0 Å². The van der Waals surface area contributed by atoms with Gasteiger partial charge in [0.2, 0.25) is 0 Å². The van der Waals surface area contributed by atoms with Crippen LogP contribution in [0.2, 0.25) is 0 Å². The Labute approximate surface area is 207 Å². The highest BCUT2D eigenvalue weighted by molar-refractivity contribution is 5.85. The van der Waals surface area contributed by atoms with E-state index < -0.39 is 5.60 Å².